The molecule has 0 radical (unpaired) electrons. The van der Waals surface area contributed by atoms with E-state index in [0.717, 1.165) is 6.42 Å². The van der Waals surface area contributed by atoms with Crippen LogP contribution >= 0.6 is 11.6 Å². The Hall–Kier alpha value is -1.37. The van der Waals surface area contributed by atoms with Crippen LogP contribution in [0.5, 0.6) is 5.75 Å². The quantitative estimate of drug-likeness (QED) is 0.662. The maximum atomic E-state index is 10.7. The van der Waals surface area contributed by atoms with Crippen LogP contribution in [-0.2, 0) is 4.74 Å². The molecule has 1 aliphatic rings. The normalized spacial score (nSPS) is 25.7. The minimum Gasteiger partial charge on any atom is -0.486 e. The molecule has 0 amide bonds. The molecule has 0 spiro atoms. The van der Waals surface area contributed by atoms with E-state index in [0.29, 0.717) is 10.8 Å². The summed E-state index contributed by atoms with van der Waals surface area (Å²) >= 11 is 5.98. The highest BCUT2D eigenvalue weighted by Gasteiger charge is 2.42. The average Bonchev–Trinajstić information content (AvgIpc) is 2.36. The smallest absolute Gasteiger partial charge is 0.273 e. The van der Waals surface area contributed by atoms with Gasteiger partial charge in [0.25, 0.3) is 5.69 Å². The Bertz CT molecular complexity index is 483. The Morgan fingerprint density at radius 1 is 1.53 bits per heavy atom. The summed E-state index contributed by atoms with van der Waals surface area (Å²) in [4.78, 5) is 10.2. The van der Waals surface area contributed by atoms with E-state index in [9.17, 15) is 10.1 Å². The van der Waals surface area contributed by atoms with Crippen LogP contribution in [-0.4, -0.2) is 37.3 Å². The van der Waals surface area contributed by atoms with Gasteiger partial charge in [0.1, 0.15) is 18.0 Å². The van der Waals surface area contributed by atoms with E-state index in [4.69, 9.17) is 21.1 Å². The van der Waals surface area contributed by atoms with Crippen molar-refractivity contribution in [1.29, 1.82) is 0 Å². The van der Waals surface area contributed by atoms with Gasteiger partial charge < -0.3 is 14.8 Å². The number of ether oxygens (including phenoxy) is 2. The predicted octanol–water partition coefficient (Wildman–Crippen LogP) is 2.00. The van der Waals surface area contributed by atoms with Gasteiger partial charge in [-0.2, -0.15) is 0 Å². The number of halogens is 1. The number of benzene rings is 1. The molecule has 3 atom stereocenters. The monoisotopic (exact) mass is 286 g/mol. The van der Waals surface area contributed by atoms with Crippen molar-refractivity contribution in [2.75, 3.05) is 14.2 Å². The van der Waals surface area contributed by atoms with Gasteiger partial charge in [0.15, 0.2) is 0 Å². The molecule has 0 aromatic heterocycles. The number of methoxy groups -OCH3 is 1. The number of hydrogen-bond acceptors (Lipinski definition) is 5. The van der Waals surface area contributed by atoms with Crippen LogP contribution in [0.25, 0.3) is 0 Å². The van der Waals surface area contributed by atoms with E-state index in [2.05, 4.69) is 5.32 Å². The van der Waals surface area contributed by atoms with Crippen LogP contribution in [0.3, 0.4) is 0 Å². The van der Waals surface area contributed by atoms with Crippen molar-refractivity contribution in [2.45, 2.75) is 24.7 Å². The van der Waals surface area contributed by atoms with Crippen molar-refractivity contribution < 1.29 is 14.4 Å². The molecular weight excluding hydrogens is 272 g/mol. The molecule has 1 fully saturated rings. The molecule has 3 unspecified atom stereocenters. The van der Waals surface area contributed by atoms with Gasteiger partial charge in [-0.15, -0.1) is 0 Å². The fraction of sp³-hybridized carbons (Fsp3) is 0.500. The SMILES string of the molecule is CNC1CC(Oc2cc([N+](=O)[O-])ccc2Cl)C1OC. The van der Waals surface area contributed by atoms with E-state index in [1.807, 2.05) is 7.05 Å². The maximum absolute atomic E-state index is 10.7. The molecule has 0 saturated heterocycles. The molecule has 104 valence electrons. The van der Waals surface area contributed by atoms with E-state index in [1.165, 1.54) is 18.2 Å². The molecule has 1 aliphatic carbocycles. The number of nitrogens with zero attached hydrogens (tertiary/aromatic N) is 1. The van der Waals surface area contributed by atoms with Gasteiger partial charge in [0.05, 0.1) is 16.0 Å². The largest absolute Gasteiger partial charge is 0.486 e. The Morgan fingerprint density at radius 2 is 2.26 bits per heavy atom. The number of hydrogen-bond donors (Lipinski definition) is 1. The lowest BCUT2D eigenvalue weighted by Gasteiger charge is -2.43. The molecule has 1 aromatic carbocycles. The minimum absolute atomic E-state index is 0.0437. The fourth-order valence-electron chi connectivity index (χ4n) is 2.15. The molecule has 1 saturated carbocycles. The Morgan fingerprint density at radius 3 is 2.84 bits per heavy atom. The lowest BCUT2D eigenvalue weighted by atomic mass is 9.85. The topological polar surface area (TPSA) is 73.6 Å². The number of nitro groups is 1. The first-order valence-electron chi connectivity index (χ1n) is 5.87. The number of nitro benzene ring substituents is 1. The van der Waals surface area contributed by atoms with Crippen LogP contribution in [0.2, 0.25) is 5.02 Å². The highest BCUT2D eigenvalue weighted by molar-refractivity contribution is 6.32. The standard InChI is InChI=1S/C12H15ClN2O4/c1-14-9-6-11(12(9)18-2)19-10-5-7(15(16)17)3-4-8(10)13/h3-5,9,11-12,14H,6H2,1-2H3. The van der Waals surface area contributed by atoms with Crippen LogP contribution in [0, 0.1) is 10.1 Å². The zero-order chi connectivity index (χ0) is 14.0. The summed E-state index contributed by atoms with van der Waals surface area (Å²) in [5.74, 6) is 0.317. The highest BCUT2D eigenvalue weighted by Crippen LogP contribution is 2.34. The Balaban J connectivity index is 2.11. The second kappa shape index (κ2) is 5.73. The van der Waals surface area contributed by atoms with Crippen molar-refractivity contribution in [1.82, 2.24) is 5.32 Å². The minimum atomic E-state index is -0.478. The second-order valence-electron chi connectivity index (χ2n) is 4.36. The van der Waals surface area contributed by atoms with Gasteiger partial charge in [0.2, 0.25) is 0 Å². The van der Waals surface area contributed by atoms with Gasteiger partial charge in [-0.1, -0.05) is 11.6 Å². The number of likely N-dealkylation sites (N-methyl/N-ethyl adjacent to an activating group) is 1. The fourth-order valence-corrected chi connectivity index (χ4v) is 2.32. The van der Waals surface area contributed by atoms with Crippen molar-refractivity contribution in [3.63, 3.8) is 0 Å². The zero-order valence-corrected chi connectivity index (χ0v) is 11.4. The van der Waals surface area contributed by atoms with E-state index in [-0.39, 0.29) is 23.9 Å². The van der Waals surface area contributed by atoms with Crippen molar-refractivity contribution >= 4 is 17.3 Å². The van der Waals surface area contributed by atoms with Crippen LogP contribution in [0.4, 0.5) is 5.69 Å². The van der Waals surface area contributed by atoms with Gasteiger partial charge in [-0.25, -0.2) is 0 Å². The number of nitrogens with one attached hydrogen (secondary N) is 1. The molecule has 2 rings (SSSR count). The average molecular weight is 287 g/mol. The van der Waals surface area contributed by atoms with Crippen molar-refractivity contribution in [3.8, 4) is 5.75 Å². The summed E-state index contributed by atoms with van der Waals surface area (Å²) in [6.45, 7) is 0. The third kappa shape index (κ3) is 2.80. The van der Waals surface area contributed by atoms with Gasteiger partial charge >= 0.3 is 0 Å². The first kappa shape index (κ1) is 14.0. The molecule has 6 nitrogen and oxygen atoms in total. The molecule has 1 aromatic rings. The molecule has 19 heavy (non-hydrogen) atoms. The summed E-state index contributed by atoms with van der Waals surface area (Å²) in [6, 6.07) is 4.37. The Kier molecular flexibility index (Phi) is 4.24. The number of non-ortho nitro benzene ring substituents is 1. The van der Waals surface area contributed by atoms with Crippen molar-refractivity contribution in [2.24, 2.45) is 0 Å². The van der Waals surface area contributed by atoms with Crippen molar-refractivity contribution in [3.05, 3.63) is 33.3 Å². The van der Waals surface area contributed by atoms with Crippen LogP contribution in [0.15, 0.2) is 18.2 Å². The molecule has 7 heteroatoms. The molecule has 0 heterocycles. The summed E-state index contributed by atoms with van der Waals surface area (Å²) in [5, 5.41) is 14.2. The van der Waals surface area contributed by atoms with Gasteiger partial charge in [0, 0.05) is 25.6 Å². The highest BCUT2D eigenvalue weighted by atomic mass is 35.5. The first-order valence-corrected chi connectivity index (χ1v) is 6.25. The maximum Gasteiger partial charge on any atom is 0.273 e. The van der Waals surface area contributed by atoms with Crippen LogP contribution < -0.4 is 10.1 Å². The summed E-state index contributed by atoms with van der Waals surface area (Å²) in [5.41, 5.74) is -0.0437. The lowest BCUT2D eigenvalue weighted by Crippen LogP contribution is -2.60. The predicted molar refractivity (Wildman–Crippen MR) is 70.8 cm³/mol. The first-order chi connectivity index (χ1) is 9.06. The van der Waals surface area contributed by atoms with Crippen LogP contribution in [0.1, 0.15) is 6.42 Å². The molecule has 0 aliphatic heterocycles. The van der Waals surface area contributed by atoms with E-state index < -0.39 is 4.92 Å². The summed E-state index contributed by atoms with van der Waals surface area (Å²) in [7, 11) is 3.47. The second-order valence-corrected chi connectivity index (χ2v) is 4.77. The van der Waals surface area contributed by atoms with E-state index >= 15 is 0 Å². The zero-order valence-electron chi connectivity index (χ0n) is 10.6. The van der Waals surface area contributed by atoms with Gasteiger partial charge in [-0.3, -0.25) is 10.1 Å². The molecular formula is C12H15ClN2O4. The summed E-state index contributed by atoms with van der Waals surface area (Å²) < 4.78 is 11.0. The summed E-state index contributed by atoms with van der Waals surface area (Å²) in [6.07, 6.45) is 0.538. The third-order valence-electron chi connectivity index (χ3n) is 3.30. The van der Waals surface area contributed by atoms with Gasteiger partial charge in [-0.05, 0) is 13.1 Å². The lowest BCUT2D eigenvalue weighted by molar-refractivity contribution is -0.385. The molecule has 1 N–H and O–H groups in total. The number of rotatable bonds is 5. The molecule has 0 bridgehead atoms. The Labute approximate surface area is 115 Å². The third-order valence-corrected chi connectivity index (χ3v) is 3.61. The van der Waals surface area contributed by atoms with E-state index in [1.54, 1.807) is 7.11 Å².